The summed E-state index contributed by atoms with van der Waals surface area (Å²) in [6, 6.07) is 7.73. The third kappa shape index (κ3) is 2.73. The Labute approximate surface area is 125 Å². The first-order valence-electron chi connectivity index (χ1n) is 7.29. The normalized spacial score (nSPS) is 25.5. The van der Waals surface area contributed by atoms with Gasteiger partial charge >= 0.3 is 0 Å². The highest BCUT2D eigenvalue weighted by molar-refractivity contribution is 6.12. The van der Waals surface area contributed by atoms with Crippen molar-refractivity contribution in [3.8, 4) is 0 Å². The van der Waals surface area contributed by atoms with Crippen LogP contribution in [0.15, 0.2) is 29.4 Å². The summed E-state index contributed by atoms with van der Waals surface area (Å²) in [7, 11) is 0. The monoisotopic (exact) mass is 289 g/mol. The molecule has 1 aromatic carbocycles. The maximum atomic E-state index is 12.7. The number of rotatable bonds is 4. The zero-order valence-electron chi connectivity index (χ0n) is 12.8. The third-order valence-electron chi connectivity index (χ3n) is 4.26. The summed E-state index contributed by atoms with van der Waals surface area (Å²) in [5.74, 6) is 0.516. The Bertz CT molecular complexity index is 560. The van der Waals surface area contributed by atoms with E-state index in [9.17, 15) is 4.79 Å². The highest BCUT2D eigenvalue weighted by Crippen LogP contribution is 2.46. The van der Waals surface area contributed by atoms with Crippen LogP contribution in [-0.4, -0.2) is 17.0 Å². The van der Waals surface area contributed by atoms with Gasteiger partial charge in [0.1, 0.15) is 5.41 Å². The summed E-state index contributed by atoms with van der Waals surface area (Å²) >= 11 is 0. The second-order valence-electron chi connectivity index (χ2n) is 6.28. The van der Waals surface area contributed by atoms with E-state index in [0.717, 1.165) is 11.3 Å². The van der Waals surface area contributed by atoms with Gasteiger partial charge in [0.15, 0.2) is 5.84 Å². The van der Waals surface area contributed by atoms with Crippen LogP contribution in [0.5, 0.6) is 0 Å². The van der Waals surface area contributed by atoms with Crippen LogP contribution in [0.2, 0.25) is 0 Å². The molecule has 114 valence electrons. The molecule has 0 atom stereocenters. The quantitative estimate of drug-likeness (QED) is 0.345. The van der Waals surface area contributed by atoms with Crippen LogP contribution in [0.3, 0.4) is 0 Å². The lowest BCUT2D eigenvalue weighted by Gasteiger charge is -2.43. The topological polar surface area (TPSA) is 87.7 Å². The fraction of sp³-hybridized carbons (Fsp3) is 0.500. The summed E-state index contributed by atoms with van der Waals surface area (Å²) in [5.41, 5.74) is 6.76. The van der Waals surface area contributed by atoms with Gasteiger partial charge in [-0.25, -0.2) is 0 Å². The first-order chi connectivity index (χ1) is 9.90. The second kappa shape index (κ2) is 5.76. The minimum absolute atomic E-state index is 0.000119. The van der Waals surface area contributed by atoms with Crippen molar-refractivity contribution in [2.24, 2.45) is 22.2 Å². The van der Waals surface area contributed by atoms with E-state index in [-0.39, 0.29) is 11.7 Å². The number of nitrogens with one attached hydrogen (secondary N) is 1. The van der Waals surface area contributed by atoms with E-state index in [4.69, 9.17) is 10.9 Å². The molecule has 0 aromatic heterocycles. The van der Waals surface area contributed by atoms with Crippen LogP contribution in [0.4, 0.5) is 5.69 Å². The second-order valence-corrected chi connectivity index (χ2v) is 6.28. The summed E-state index contributed by atoms with van der Waals surface area (Å²) in [4.78, 5) is 12.7. The number of hydrogen-bond donors (Lipinski definition) is 3. The number of nitrogens with zero attached hydrogens (tertiary/aromatic N) is 1. The predicted octanol–water partition coefficient (Wildman–Crippen LogP) is 2.91. The molecule has 0 heterocycles. The molecule has 0 radical (unpaired) electrons. The number of nitrogens with two attached hydrogens (primary N) is 1. The largest absolute Gasteiger partial charge is 0.409 e. The average Bonchev–Trinajstić information content (AvgIpc) is 2.43. The summed E-state index contributed by atoms with van der Waals surface area (Å²) in [5, 5.41) is 15.0. The molecule has 1 aliphatic carbocycles. The number of hydrogen-bond acceptors (Lipinski definition) is 3. The van der Waals surface area contributed by atoms with Crippen molar-refractivity contribution in [3.63, 3.8) is 0 Å². The zero-order chi connectivity index (χ0) is 15.6. The fourth-order valence-corrected chi connectivity index (χ4v) is 3.09. The van der Waals surface area contributed by atoms with Gasteiger partial charge in [0.2, 0.25) is 5.91 Å². The van der Waals surface area contributed by atoms with E-state index in [1.54, 1.807) is 0 Å². The van der Waals surface area contributed by atoms with E-state index >= 15 is 0 Å². The maximum Gasteiger partial charge on any atom is 0.238 e. The molecular weight excluding hydrogens is 266 g/mol. The van der Waals surface area contributed by atoms with Gasteiger partial charge in [-0.1, -0.05) is 44.1 Å². The molecule has 21 heavy (non-hydrogen) atoms. The molecular formula is C16H23N3O2. The molecule has 1 amide bonds. The molecule has 1 aromatic rings. The number of carbonyl (C=O) groups excluding carboxylic acids is 1. The Hall–Kier alpha value is -2.04. The molecule has 2 rings (SSSR count). The molecule has 0 unspecified atom stereocenters. The average molecular weight is 289 g/mol. The standard InChI is InChI=1S/C16H23N3O2/c1-10(2)12-6-4-5-7-13(12)18-15(20)16(14(17)19-21)8-11(3)9-16/h4-7,10-11,21H,8-9H2,1-3H3,(H2,17,19)(H,18,20). The first kappa shape index (κ1) is 15.4. The Morgan fingerprint density at radius 1 is 1.43 bits per heavy atom. The van der Waals surface area contributed by atoms with E-state index < -0.39 is 5.41 Å². The SMILES string of the molecule is CC1CC(C(=O)Nc2ccccc2C(C)C)(/C(N)=N/O)C1. The van der Waals surface area contributed by atoms with Crippen LogP contribution in [0.25, 0.3) is 0 Å². The smallest absolute Gasteiger partial charge is 0.238 e. The van der Waals surface area contributed by atoms with Crippen molar-refractivity contribution in [1.82, 2.24) is 0 Å². The Balaban J connectivity index is 2.25. The fourth-order valence-electron chi connectivity index (χ4n) is 3.09. The molecule has 1 aliphatic rings. The summed E-state index contributed by atoms with van der Waals surface area (Å²) < 4.78 is 0. The van der Waals surface area contributed by atoms with Gasteiger partial charge in [0.25, 0.3) is 0 Å². The van der Waals surface area contributed by atoms with Crippen molar-refractivity contribution >= 4 is 17.4 Å². The minimum Gasteiger partial charge on any atom is -0.409 e. The lowest BCUT2D eigenvalue weighted by molar-refractivity contribution is -0.127. The van der Waals surface area contributed by atoms with E-state index in [2.05, 4.69) is 31.2 Å². The Kier molecular flexibility index (Phi) is 4.21. The van der Waals surface area contributed by atoms with Gasteiger partial charge in [-0.2, -0.15) is 0 Å². The summed E-state index contributed by atoms with van der Waals surface area (Å²) in [6.45, 7) is 6.21. The molecule has 0 aliphatic heterocycles. The maximum absolute atomic E-state index is 12.7. The van der Waals surface area contributed by atoms with Crippen LogP contribution in [-0.2, 0) is 4.79 Å². The first-order valence-corrected chi connectivity index (χ1v) is 7.29. The molecule has 0 bridgehead atoms. The number of amidine groups is 1. The Morgan fingerprint density at radius 3 is 2.57 bits per heavy atom. The number of benzene rings is 1. The van der Waals surface area contributed by atoms with Gasteiger partial charge in [-0.3, -0.25) is 4.79 Å². The van der Waals surface area contributed by atoms with Crippen molar-refractivity contribution in [3.05, 3.63) is 29.8 Å². The number of oxime groups is 1. The lowest BCUT2D eigenvalue weighted by atomic mass is 9.61. The van der Waals surface area contributed by atoms with E-state index in [1.807, 2.05) is 24.3 Å². The van der Waals surface area contributed by atoms with Gasteiger partial charge in [-0.15, -0.1) is 0 Å². The molecule has 1 saturated carbocycles. The number of carbonyl (C=O) groups is 1. The number of para-hydroxylation sites is 1. The summed E-state index contributed by atoms with van der Waals surface area (Å²) in [6.07, 6.45) is 1.22. The van der Waals surface area contributed by atoms with Crippen molar-refractivity contribution in [2.75, 3.05) is 5.32 Å². The van der Waals surface area contributed by atoms with Gasteiger partial charge in [0, 0.05) is 5.69 Å². The number of amides is 1. The van der Waals surface area contributed by atoms with Crippen LogP contribution < -0.4 is 11.1 Å². The predicted molar refractivity (Wildman–Crippen MR) is 83.4 cm³/mol. The molecule has 4 N–H and O–H groups in total. The molecule has 5 heteroatoms. The zero-order valence-corrected chi connectivity index (χ0v) is 12.8. The van der Waals surface area contributed by atoms with E-state index in [1.165, 1.54) is 0 Å². The highest BCUT2D eigenvalue weighted by atomic mass is 16.4. The highest BCUT2D eigenvalue weighted by Gasteiger charge is 2.52. The Morgan fingerprint density at radius 2 is 2.05 bits per heavy atom. The van der Waals surface area contributed by atoms with Crippen molar-refractivity contribution < 1.29 is 10.0 Å². The van der Waals surface area contributed by atoms with Gasteiger partial charge in [0.05, 0.1) is 0 Å². The lowest BCUT2D eigenvalue weighted by Crippen LogP contribution is -2.54. The van der Waals surface area contributed by atoms with Gasteiger partial charge in [-0.05, 0) is 36.3 Å². The molecule has 5 nitrogen and oxygen atoms in total. The van der Waals surface area contributed by atoms with Crippen LogP contribution in [0, 0.1) is 11.3 Å². The third-order valence-corrected chi connectivity index (χ3v) is 4.26. The molecule has 1 fully saturated rings. The van der Waals surface area contributed by atoms with Crippen molar-refractivity contribution in [1.29, 1.82) is 0 Å². The minimum atomic E-state index is -0.877. The molecule has 0 spiro atoms. The van der Waals surface area contributed by atoms with Crippen molar-refractivity contribution in [2.45, 2.75) is 39.5 Å². The van der Waals surface area contributed by atoms with E-state index in [0.29, 0.717) is 24.7 Å². The van der Waals surface area contributed by atoms with Gasteiger partial charge < -0.3 is 16.3 Å². The van der Waals surface area contributed by atoms with Crippen LogP contribution >= 0.6 is 0 Å². The molecule has 0 saturated heterocycles. The van der Waals surface area contributed by atoms with Crippen LogP contribution in [0.1, 0.15) is 45.1 Å². The number of anilines is 1.